The first-order valence-corrected chi connectivity index (χ1v) is 8.80. The van der Waals surface area contributed by atoms with Crippen LogP contribution >= 0.6 is 0 Å². The zero-order valence-electron chi connectivity index (χ0n) is 12.8. The van der Waals surface area contributed by atoms with Crippen molar-refractivity contribution in [3.63, 3.8) is 0 Å². The highest BCUT2D eigenvalue weighted by molar-refractivity contribution is 7.89. The number of amides is 1. The number of nitrogens with one attached hydrogen (secondary N) is 2. The summed E-state index contributed by atoms with van der Waals surface area (Å²) in [4.78, 5) is 13.3. The smallest absolute Gasteiger partial charge is 0.276 e. The van der Waals surface area contributed by atoms with E-state index in [2.05, 4.69) is 22.2 Å². The standard InChI is InChI=1S/C15H21N3O3S/c1-11-3-5-14(6-4-11)17-18-22(20,21)15-9-7-13(8-10-15)16-12(2)19/h7-11,18H,3-6H2,1-2H3,(H,16,19). The summed E-state index contributed by atoms with van der Waals surface area (Å²) in [6.45, 7) is 3.59. The maximum atomic E-state index is 12.2. The van der Waals surface area contributed by atoms with Crippen LogP contribution in [0.1, 0.15) is 39.5 Å². The number of nitrogens with zero attached hydrogens (tertiary/aromatic N) is 1. The minimum absolute atomic E-state index is 0.120. The van der Waals surface area contributed by atoms with Crippen LogP contribution in [0.4, 0.5) is 5.69 Å². The van der Waals surface area contributed by atoms with Gasteiger partial charge in [-0.15, -0.1) is 0 Å². The molecule has 0 heterocycles. The highest BCUT2D eigenvalue weighted by Crippen LogP contribution is 2.21. The van der Waals surface area contributed by atoms with Crippen molar-refractivity contribution in [1.82, 2.24) is 4.83 Å². The number of carbonyl (C=O) groups excluding carboxylic acids is 1. The molecule has 1 aliphatic rings. The number of sulfonamides is 1. The van der Waals surface area contributed by atoms with Crippen molar-refractivity contribution in [1.29, 1.82) is 0 Å². The van der Waals surface area contributed by atoms with Gasteiger partial charge in [0.05, 0.1) is 4.90 Å². The van der Waals surface area contributed by atoms with E-state index in [1.165, 1.54) is 19.1 Å². The van der Waals surface area contributed by atoms with Crippen LogP contribution in [0.5, 0.6) is 0 Å². The second-order valence-corrected chi connectivity index (χ2v) is 7.32. The predicted octanol–water partition coefficient (Wildman–Crippen LogP) is 2.49. The molecule has 2 N–H and O–H groups in total. The predicted molar refractivity (Wildman–Crippen MR) is 86.1 cm³/mol. The molecule has 7 heteroatoms. The van der Waals surface area contributed by atoms with E-state index in [4.69, 9.17) is 0 Å². The Morgan fingerprint density at radius 3 is 2.32 bits per heavy atom. The molecule has 1 aromatic carbocycles. The van der Waals surface area contributed by atoms with Crippen LogP contribution in [0.2, 0.25) is 0 Å². The Hall–Kier alpha value is -1.89. The van der Waals surface area contributed by atoms with E-state index < -0.39 is 10.0 Å². The number of hydrogen-bond acceptors (Lipinski definition) is 4. The van der Waals surface area contributed by atoms with Gasteiger partial charge in [0.15, 0.2) is 0 Å². The maximum Gasteiger partial charge on any atom is 0.276 e. The van der Waals surface area contributed by atoms with Crippen molar-refractivity contribution >= 4 is 27.3 Å². The lowest BCUT2D eigenvalue weighted by atomic mass is 9.90. The second-order valence-electron chi connectivity index (χ2n) is 5.66. The molecule has 6 nitrogen and oxygen atoms in total. The average molecular weight is 323 g/mol. The van der Waals surface area contributed by atoms with Crippen molar-refractivity contribution in [2.45, 2.75) is 44.4 Å². The average Bonchev–Trinajstić information content (AvgIpc) is 2.47. The van der Waals surface area contributed by atoms with E-state index in [9.17, 15) is 13.2 Å². The van der Waals surface area contributed by atoms with Gasteiger partial charge < -0.3 is 5.32 Å². The van der Waals surface area contributed by atoms with Gasteiger partial charge in [0, 0.05) is 18.3 Å². The molecule has 0 aromatic heterocycles. The number of hydrogen-bond donors (Lipinski definition) is 2. The normalized spacial score (nSPS) is 18.6. The number of anilines is 1. The summed E-state index contributed by atoms with van der Waals surface area (Å²) in [6.07, 6.45) is 3.77. The van der Waals surface area contributed by atoms with Crippen LogP contribution in [-0.2, 0) is 14.8 Å². The Bertz CT molecular complexity index is 656. The summed E-state index contributed by atoms with van der Waals surface area (Å²) in [5.41, 5.74) is 1.45. The molecule has 1 saturated carbocycles. The van der Waals surface area contributed by atoms with Gasteiger partial charge in [0.25, 0.3) is 10.0 Å². The first kappa shape index (κ1) is 16.5. The molecule has 0 bridgehead atoms. The van der Waals surface area contributed by atoms with Crippen LogP contribution < -0.4 is 10.1 Å². The van der Waals surface area contributed by atoms with Gasteiger partial charge in [0.2, 0.25) is 5.91 Å². The molecule has 1 aromatic rings. The SMILES string of the molecule is CC(=O)Nc1ccc(S(=O)(=O)NN=C2CCC(C)CC2)cc1. The Balaban J connectivity index is 2.03. The van der Waals surface area contributed by atoms with Gasteiger partial charge in [0.1, 0.15) is 0 Å². The van der Waals surface area contributed by atoms with E-state index in [1.54, 1.807) is 12.1 Å². The summed E-state index contributed by atoms with van der Waals surface area (Å²) in [6, 6.07) is 5.98. The quantitative estimate of drug-likeness (QED) is 0.834. The largest absolute Gasteiger partial charge is 0.326 e. The fraction of sp³-hybridized carbons (Fsp3) is 0.467. The fourth-order valence-electron chi connectivity index (χ4n) is 2.31. The Morgan fingerprint density at radius 1 is 1.18 bits per heavy atom. The van der Waals surface area contributed by atoms with E-state index in [0.29, 0.717) is 11.6 Å². The van der Waals surface area contributed by atoms with E-state index in [-0.39, 0.29) is 10.8 Å². The van der Waals surface area contributed by atoms with Gasteiger partial charge in [-0.3, -0.25) is 4.79 Å². The topological polar surface area (TPSA) is 87.6 Å². The zero-order valence-corrected chi connectivity index (χ0v) is 13.6. The van der Waals surface area contributed by atoms with Crippen LogP contribution in [0.25, 0.3) is 0 Å². The van der Waals surface area contributed by atoms with Gasteiger partial charge >= 0.3 is 0 Å². The third-order valence-electron chi connectivity index (χ3n) is 3.66. The lowest BCUT2D eigenvalue weighted by molar-refractivity contribution is -0.114. The molecule has 0 atom stereocenters. The minimum Gasteiger partial charge on any atom is -0.326 e. The van der Waals surface area contributed by atoms with Gasteiger partial charge in [-0.1, -0.05) is 6.92 Å². The molecule has 0 unspecified atom stereocenters. The minimum atomic E-state index is -3.67. The molecule has 1 amide bonds. The zero-order chi connectivity index (χ0) is 16.2. The van der Waals surface area contributed by atoms with Gasteiger partial charge in [-0.05, 0) is 55.9 Å². The number of carbonyl (C=O) groups is 1. The van der Waals surface area contributed by atoms with Gasteiger partial charge in [-0.25, -0.2) is 4.83 Å². The second kappa shape index (κ2) is 6.91. The third-order valence-corrected chi connectivity index (χ3v) is 4.88. The highest BCUT2D eigenvalue weighted by atomic mass is 32.2. The molecule has 0 aliphatic heterocycles. The van der Waals surface area contributed by atoms with Crippen LogP contribution in [0.3, 0.4) is 0 Å². The van der Waals surface area contributed by atoms with E-state index in [0.717, 1.165) is 31.4 Å². The molecule has 0 spiro atoms. The molecule has 22 heavy (non-hydrogen) atoms. The third kappa shape index (κ3) is 4.56. The summed E-state index contributed by atoms with van der Waals surface area (Å²) < 4.78 is 24.3. The van der Waals surface area contributed by atoms with Crippen molar-refractivity contribution in [3.05, 3.63) is 24.3 Å². The Morgan fingerprint density at radius 2 is 1.77 bits per heavy atom. The van der Waals surface area contributed by atoms with E-state index >= 15 is 0 Å². The molecule has 2 rings (SSSR count). The lowest BCUT2D eigenvalue weighted by Gasteiger charge is -2.18. The first-order chi connectivity index (χ1) is 10.4. The maximum absolute atomic E-state index is 12.2. The number of benzene rings is 1. The lowest BCUT2D eigenvalue weighted by Crippen LogP contribution is -2.22. The summed E-state index contributed by atoms with van der Waals surface area (Å²) >= 11 is 0. The summed E-state index contributed by atoms with van der Waals surface area (Å²) in [5, 5.41) is 6.64. The molecule has 1 aliphatic carbocycles. The van der Waals surface area contributed by atoms with Gasteiger partial charge in [-0.2, -0.15) is 13.5 Å². The molecule has 120 valence electrons. The van der Waals surface area contributed by atoms with Crippen molar-refractivity contribution in [2.24, 2.45) is 11.0 Å². The number of rotatable bonds is 4. The first-order valence-electron chi connectivity index (χ1n) is 7.32. The van der Waals surface area contributed by atoms with Crippen LogP contribution in [0, 0.1) is 5.92 Å². The summed E-state index contributed by atoms with van der Waals surface area (Å²) in [7, 11) is -3.67. The Kier molecular flexibility index (Phi) is 5.18. The monoisotopic (exact) mass is 323 g/mol. The van der Waals surface area contributed by atoms with Crippen LogP contribution in [-0.4, -0.2) is 20.0 Å². The van der Waals surface area contributed by atoms with E-state index in [1.807, 2.05) is 0 Å². The fourth-order valence-corrected chi connectivity index (χ4v) is 3.15. The highest BCUT2D eigenvalue weighted by Gasteiger charge is 2.16. The number of hydrazone groups is 1. The Labute approximate surface area is 131 Å². The van der Waals surface area contributed by atoms with Crippen molar-refractivity contribution in [2.75, 3.05) is 5.32 Å². The molecule has 0 radical (unpaired) electrons. The summed E-state index contributed by atoms with van der Waals surface area (Å²) in [5.74, 6) is 0.475. The molecular weight excluding hydrogens is 302 g/mol. The molecular formula is C15H21N3O3S. The van der Waals surface area contributed by atoms with Crippen molar-refractivity contribution < 1.29 is 13.2 Å². The molecule has 0 saturated heterocycles. The molecule has 1 fully saturated rings. The van der Waals surface area contributed by atoms with Crippen molar-refractivity contribution in [3.8, 4) is 0 Å². The van der Waals surface area contributed by atoms with Crippen LogP contribution in [0.15, 0.2) is 34.3 Å².